The number of carboxylic acids is 1. The molecule has 3 rings (SSSR count). The van der Waals surface area contributed by atoms with Crippen molar-refractivity contribution in [2.75, 3.05) is 26.4 Å². The summed E-state index contributed by atoms with van der Waals surface area (Å²) in [6, 6.07) is -2.53. The number of unbranched alkanes of at least 4 members (excludes halogenated alkanes) is 49. The number of carboxylic acid groups (broad SMARTS) is 1. The molecule has 0 bridgehead atoms. The van der Waals surface area contributed by atoms with E-state index in [4.69, 9.17) is 28.4 Å². The van der Waals surface area contributed by atoms with E-state index in [9.17, 15) is 75.7 Å². The Labute approximate surface area is 633 Å². The first-order valence-corrected chi connectivity index (χ1v) is 42.9. The van der Waals surface area contributed by atoms with Crippen LogP contribution in [0.3, 0.4) is 0 Å². The molecule has 3 aliphatic rings. The molecule has 3 heterocycles. The van der Waals surface area contributed by atoms with Crippen LogP contribution in [0, 0.1) is 0 Å². The van der Waals surface area contributed by atoms with Crippen molar-refractivity contribution in [3.63, 3.8) is 0 Å². The Morgan fingerprint density at radius 3 is 1.19 bits per heavy atom. The number of amides is 2. The second-order valence-electron chi connectivity index (χ2n) is 31.4. The average molecular weight is 1510 g/mol. The van der Waals surface area contributed by atoms with Crippen LogP contribution in [0.1, 0.15) is 367 Å². The van der Waals surface area contributed by atoms with Crippen LogP contribution < -0.4 is 10.6 Å². The molecule has 3 saturated heterocycles. The fourth-order valence-electron chi connectivity index (χ4n) is 15.3. The zero-order valence-corrected chi connectivity index (χ0v) is 65.9. The molecule has 14 N–H and O–H groups in total. The molecule has 105 heavy (non-hydrogen) atoms. The lowest BCUT2D eigenvalue weighted by atomic mass is 9.88. The van der Waals surface area contributed by atoms with Gasteiger partial charge in [-0.05, 0) is 12.8 Å². The SMILES string of the molecule is CCCCCCCCCCCCCCCCCCCCCCCCCCCCCCCCCCCCCCCC(=O)NC(COC1OC(CO)C(OC2OC(CO)C(O)C(OC3(C(=O)O)CC(O)C(NC(C)=O)C(C(O)C(O)CO)O3)C2O)C(O)C1O)C(O)CCCCCCCCCCCCCCCC. The summed E-state index contributed by atoms with van der Waals surface area (Å²) in [6.45, 7) is 2.26. The molecular formula is C82H156N2O21. The van der Waals surface area contributed by atoms with Crippen LogP contribution in [0.4, 0.5) is 0 Å². The first kappa shape index (κ1) is 96.9. The number of hydrogen-bond acceptors (Lipinski definition) is 20. The number of nitrogens with one attached hydrogen (secondary N) is 2. The average Bonchev–Trinajstić information content (AvgIpc) is 0.755. The molecule has 0 saturated carbocycles. The number of aliphatic hydroxyl groups excluding tert-OH is 11. The van der Waals surface area contributed by atoms with E-state index in [0.717, 1.165) is 51.9 Å². The molecule has 23 nitrogen and oxygen atoms in total. The molecule has 0 aromatic carbocycles. The predicted octanol–water partition coefficient (Wildman–Crippen LogP) is 12.4. The van der Waals surface area contributed by atoms with E-state index in [2.05, 4.69) is 24.5 Å². The zero-order chi connectivity index (χ0) is 76.7. The summed E-state index contributed by atoms with van der Waals surface area (Å²) in [6.07, 6.45) is 37.1. The number of rotatable bonds is 69. The second-order valence-corrected chi connectivity index (χ2v) is 31.4. The van der Waals surface area contributed by atoms with Gasteiger partial charge < -0.3 is 100 Å². The molecule has 0 radical (unpaired) electrons. The quantitative estimate of drug-likeness (QED) is 0.0252. The molecule has 3 aliphatic heterocycles. The Bertz CT molecular complexity index is 2090. The highest BCUT2D eigenvalue weighted by Gasteiger charge is 2.60. The van der Waals surface area contributed by atoms with E-state index in [1.54, 1.807) is 0 Å². The molecule has 18 unspecified atom stereocenters. The van der Waals surface area contributed by atoms with Gasteiger partial charge in [-0.25, -0.2) is 4.79 Å². The molecule has 0 aromatic heterocycles. The number of hydrogen-bond donors (Lipinski definition) is 14. The number of carbonyl (C=O) groups is 3. The van der Waals surface area contributed by atoms with Gasteiger partial charge in [-0.2, -0.15) is 0 Å². The first-order chi connectivity index (χ1) is 50.9. The predicted molar refractivity (Wildman–Crippen MR) is 408 cm³/mol. The summed E-state index contributed by atoms with van der Waals surface area (Å²) in [5, 5.41) is 136. The lowest BCUT2D eigenvalue weighted by Gasteiger charge is -2.50. The van der Waals surface area contributed by atoms with Gasteiger partial charge in [0.1, 0.15) is 67.1 Å². The van der Waals surface area contributed by atoms with E-state index in [-0.39, 0.29) is 18.9 Å². The minimum atomic E-state index is -3.08. The van der Waals surface area contributed by atoms with Crippen molar-refractivity contribution in [2.24, 2.45) is 0 Å². The number of aliphatic carboxylic acids is 1. The molecule has 620 valence electrons. The van der Waals surface area contributed by atoms with Crippen LogP contribution in [0.5, 0.6) is 0 Å². The highest BCUT2D eigenvalue weighted by Crippen LogP contribution is 2.39. The fraction of sp³-hybridized carbons (Fsp3) is 0.963. The van der Waals surface area contributed by atoms with Gasteiger partial charge in [-0.3, -0.25) is 9.59 Å². The number of ether oxygens (including phenoxy) is 6. The van der Waals surface area contributed by atoms with Crippen molar-refractivity contribution in [3.8, 4) is 0 Å². The third-order valence-electron chi connectivity index (χ3n) is 22.1. The maximum Gasteiger partial charge on any atom is 0.364 e. The maximum atomic E-state index is 13.5. The summed E-state index contributed by atoms with van der Waals surface area (Å²) < 4.78 is 35.0. The number of carbonyl (C=O) groups excluding carboxylic acids is 2. The second kappa shape index (κ2) is 61.3. The van der Waals surface area contributed by atoms with Crippen molar-refractivity contribution in [1.82, 2.24) is 10.6 Å². The van der Waals surface area contributed by atoms with Gasteiger partial charge in [-0.15, -0.1) is 0 Å². The van der Waals surface area contributed by atoms with Crippen LogP contribution in [0.2, 0.25) is 0 Å². The third kappa shape index (κ3) is 41.2. The zero-order valence-electron chi connectivity index (χ0n) is 65.9. The van der Waals surface area contributed by atoms with E-state index >= 15 is 0 Å². The summed E-state index contributed by atoms with van der Waals surface area (Å²) in [5.41, 5.74) is 0. The van der Waals surface area contributed by atoms with Crippen LogP contribution in [-0.4, -0.2) is 215 Å². The van der Waals surface area contributed by atoms with E-state index < -0.39 is 148 Å². The van der Waals surface area contributed by atoms with Crippen molar-refractivity contribution >= 4 is 17.8 Å². The van der Waals surface area contributed by atoms with Gasteiger partial charge in [0.25, 0.3) is 5.79 Å². The summed E-state index contributed by atoms with van der Waals surface area (Å²) in [4.78, 5) is 38.7. The van der Waals surface area contributed by atoms with Crippen molar-refractivity contribution in [3.05, 3.63) is 0 Å². The van der Waals surface area contributed by atoms with Gasteiger partial charge in [0.15, 0.2) is 12.6 Å². The smallest absolute Gasteiger partial charge is 0.364 e. The summed E-state index contributed by atoms with van der Waals surface area (Å²) in [5.74, 6) is -6.09. The molecule has 23 heteroatoms. The van der Waals surface area contributed by atoms with E-state index in [0.29, 0.717) is 19.3 Å². The van der Waals surface area contributed by atoms with Gasteiger partial charge in [-0.1, -0.05) is 335 Å². The van der Waals surface area contributed by atoms with Crippen LogP contribution in [0.15, 0.2) is 0 Å². The molecule has 18 atom stereocenters. The van der Waals surface area contributed by atoms with Gasteiger partial charge in [0.05, 0.1) is 50.7 Å². The van der Waals surface area contributed by atoms with Crippen molar-refractivity contribution in [1.29, 1.82) is 0 Å². The fourth-order valence-corrected chi connectivity index (χ4v) is 15.3. The summed E-state index contributed by atoms with van der Waals surface area (Å²) >= 11 is 0. The van der Waals surface area contributed by atoms with Gasteiger partial charge in [0, 0.05) is 19.8 Å². The Morgan fingerprint density at radius 1 is 0.457 bits per heavy atom. The Hall–Kier alpha value is -2.27. The lowest BCUT2D eigenvalue weighted by molar-refractivity contribution is -0.386. The van der Waals surface area contributed by atoms with E-state index in [1.807, 2.05) is 0 Å². The maximum absolute atomic E-state index is 13.5. The Kier molecular flexibility index (Phi) is 56.6. The molecule has 0 aliphatic carbocycles. The lowest BCUT2D eigenvalue weighted by Crippen LogP contribution is -2.70. The van der Waals surface area contributed by atoms with Gasteiger partial charge >= 0.3 is 5.97 Å². The minimum absolute atomic E-state index is 0.230. The minimum Gasteiger partial charge on any atom is -0.477 e. The first-order valence-electron chi connectivity index (χ1n) is 42.9. The van der Waals surface area contributed by atoms with Crippen molar-refractivity contribution < 1.29 is 104 Å². The molecule has 3 fully saturated rings. The largest absolute Gasteiger partial charge is 0.477 e. The summed E-state index contributed by atoms with van der Waals surface area (Å²) in [7, 11) is 0. The van der Waals surface area contributed by atoms with Crippen molar-refractivity contribution in [2.45, 2.75) is 477 Å². The van der Waals surface area contributed by atoms with Crippen LogP contribution >= 0.6 is 0 Å². The Morgan fingerprint density at radius 2 is 0.829 bits per heavy atom. The number of aliphatic hydroxyl groups is 11. The molecule has 2 amide bonds. The monoisotopic (exact) mass is 1510 g/mol. The molecule has 0 aromatic rings. The van der Waals surface area contributed by atoms with Crippen LogP contribution in [0.25, 0.3) is 0 Å². The standard InChI is InChI=1S/C82H156N2O21/c1-4-6-8-10-12-14-16-18-20-21-22-23-24-25-26-27-28-29-30-31-32-33-34-35-36-37-38-39-40-41-42-44-46-48-50-52-54-56-69(92)84-63(64(89)55-53-51-49-47-45-43-19-17-15-13-11-9-7-5-2)61-100-79-74(96)73(95)76(68(60-87)102-79)103-80-75(97)78(72(94)67(59-86)101-80)105-82(81(98)99)57-65(90)70(83-62(3)88)77(104-82)71(93)66(91)58-85/h63-68,70-80,85-87,89-91,93-97H,4-61H2,1-3H3,(H,83,88)(H,84,92)(H,98,99). The highest BCUT2D eigenvalue weighted by atomic mass is 16.8. The van der Waals surface area contributed by atoms with Gasteiger partial charge in [0.2, 0.25) is 11.8 Å². The van der Waals surface area contributed by atoms with E-state index in [1.165, 1.54) is 270 Å². The molecular weight excluding hydrogens is 1350 g/mol. The Balaban J connectivity index is 1.39. The normalized spacial score (nSPS) is 26.2. The topological polar surface area (TPSA) is 373 Å². The highest BCUT2D eigenvalue weighted by molar-refractivity contribution is 5.77. The third-order valence-corrected chi connectivity index (χ3v) is 22.1. The van der Waals surface area contributed by atoms with Crippen LogP contribution in [-0.2, 0) is 42.8 Å². The molecule has 0 spiro atoms.